The highest BCUT2D eigenvalue weighted by Crippen LogP contribution is 2.20. The number of aliphatic hydroxyl groups is 1. The lowest BCUT2D eigenvalue weighted by atomic mass is 9.95. The van der Waals surface area contributed by atoms with Crippen molar-refractivity contribution in [3.63, 3.8) is 0 Å². The minimum Gasteiger partial charge on any atom is -0.392 e. The lowest BCUT2D eigenvalue weighted by Gasteiger charge is -2.34. The van der Waals surface area contributed by atoms with Gasteiger partial charge < -0.3 is 15.7 Å². The maximum absolute atomic E-state index is 9.87. The van der Waals surface area contributed by atoms with Gasteiger partial charge in [-0.1, -0.05) is 30.7 Å². The number of hydrogen-bond donors (Lipinski definition) is 2. The minimum atomic E-state index is -0.194. The van der Waals surface area contributed by atoms with Gasteiger partial charge in [0, 0.05) is 24.2 Å². The molecule has 1 aromatic carbocycles. The first-order valence-electron chi connectivity index (χ1n) is 6.97. The number of nitrogens with zero attached hydrogens (tertiary/aromatic N) is 1. The van der Waals surface area contributed by atoms with Gasteiger partial charge in [-0.15, -0.1) is 0 Å². The number of rotatable bonds is 4. The molecule has 3 atom stereocenters. The van der Waals surface area contributed by atoms with Crippen LogP contribution in [-0.4, -0.2) is 35.7 Å². The van der Waals surface area contributed by atoms with Crippen LogP contribution in [-0.2, 0) is 0 Å². The van der Waals surface area contributed by atoms with E-state index in [1.807, 2.05) is 24.3 Å². The predicted molar refractivity (Wildman–Crippen MR) is 79.2 cm³/mol. The van der Waals surface area contributed by atoms with Crippen molar-refractivity contribution >= 4 is 11.6 Å². The van der Waals surface area contributed by atoms with Crippen molar-refractivity contribution < 1.29 is 5.11 Å². The summed E-state index contributed by atoms with van der Waals surface area (Å²) >= 11 is 5.87. The Hall–Kier alpha value is -0.610. The molecule has 3 nitrogen and oxygen atoms in total. The SMILES string of the molecule is CC1CCN(CCC(N)c2ccc(Cl)cc2)CC1O. The molecule has 1 aliphatic rings. The second-order valence-corrected chi connectivity index (χ2v) is 6.02. The molecule has 0 spiro atoms. The number of likely N-dealkylation sites (tertiary alicyclic amines) is 1. The van der Waals surface area contributed by atoms with Crippen molar-refractivity contribution in [3.05, 3.63) is 34.9 Å². The van der Waals surface area contributed by atoms with Crippen LogP contribution in [0.25, 0.3) is 0 Å². The molecule has 0 bridgehead atoms. The molecule has 2 rings (SSSR count). The second-order valence-electron chi connectivity index (χ2n) is 5.58. The maximum atomic E-state index is 9.87. The number of hydrogen-bond acceptors (Lipinski definition) is 3. The van der Waals surface area contributed by atoms with E-state index in [0.717, 1.165) is 43.1 Å². The predicted octanol–water partition coefficient (Wildman–Crippen LogP) is 2.43. The van der Waals surface area contributed by atoms with Gasteiger partial charge in [0.15, 0.2) is 0 Å². The molecule has 0 aromatic heterocycles. The van der Waals surface area contributed by atoms with Gasteiger partial charge in [-0.05, 0) is 43.0 Å². The molecule has 1 fully saturated rings. The van der Waals surface area contributed by atoms with E-state index in [9.17, 15) is 5.11 Å². The fraction of sp³-hybridized carbons (Fsp3) is 0.600. The van der Waals surface area contributed by atoms with Crippen LogP contribution in [0.4, 0.5) is 0 Å². The monoisotopic (exact) mass is 282 g/mol. The van der Waals surface area contributed by atoms with Gasteiger partial charge in [0.1, 0.15) is 0 Å². The number of aliphatic hydroxyl groups excluding tert-OH is 1. The molecule has 1 aromatic rings. The van der Waals surface area contributed by atoms with Crippen molar-refractivity contribution in [1.29, 1.82) is 0 Å². The fourth-order valence-electron chi connectivity index (χ4n) is 2.52. The number of benzene rings is 1. The Morgan fingerprint density at radius 3 is 2.74 bits per heavy atom. The topological polar surface area (TPSA) is 49.5 Å². The summed E-state index contributed by atoms with van der Waals surface area (Å²) in [5.74, 6) is 0.418. The average molecular weight is 283 g/mol. The normalized spacial score (nSPS) is 26.3. The van der Waals surface area contributed by atoms with E-state index in [2.05, 4.69) is 11.8 Å². The molecular formula is C15H23ClN2O. The zero-order valence-corrected chi connectivity index (χ0v) is 12.2. The van der Waals surface area contributed by atoms with Crippen LogP contribution in [0.5, 0.6) is 0 Å². The Kier molecular flexibility index (Phi) is 5.22. The molecule has 1 saturated heterocycles. The Balaban J connectivity index is 1.80. The highest BCUT2D eigenvalue weighted by Gasteiger charge is 2.24. The van der Waals surface area contributed by atoms with Crippen molar-refractivity contribution in [2.75, 3.05) is 19.6 Å². The summed E-state index contributed by atoms with van der Waals surface area (Å²) < 4.78 is 0. The molecule has 0 saturated carbocycles. The van der Waals surface area contributed by atoms with E-state index in [4.69, 9.17) is 17.3 Å². The van der Waals surface area contributed by atoms with Gasteiger partial charge in [0.05, 0.1) is 6.10 Å². The van der Waals surface area contributed by atoms with Crippen LogP contribution in [0.1, 0.15) is 31.4 Å². The molecule has 0 radical (unpaired) electrons. The smallest absolute Gasteiger partial charge is 0.0693 e. The van der Waals surface area contributed by atoms with E-state index < -0.39 is 0 Å². The summed E-state index contributed by atoms with van der Waals surface area (Å²) in [5.41, 5.74) is 7.31. The Morgan fingerprint density at radius 2 is 2.11 bits per heavy atom. The molecule has 3 N–H and O–H groups in total. The van der Waals surface area contributed by atoms with Crippen LogP contribution < -0.4 is 5.73 Å². The summed E-state index contributed by atoms with van der Waals surface area (Å²) in [6, 6.07) is 7.76. The lowest BCUT2D eigenvalue weighted by Crippen LogP contribution is -2.43. The summed E-state index contributed by atoms with van der Waals surface area (Å²) in [5, 5.41) is 10.6. The highest BCUT2D eigenvalue weighted by molar-refractivity contribution is 6.30. The van der Waals surface area contributed by atoms with E-state index in [0.29, 0.717) is 5.92 Å². The van der Waals surface area contributed by atoms with E-state index in [-0.39, 0.29) is 12.1 Å². The third-order valence-electron chi connectivity index (χ3n) is 4.06. The van der Waals surface area contributed by atoms with Crippen LogP contribution in [0.15, 0.2) is 24.3 Å². The van der Waals surface area contributed by atoms with E-state index >= 15 is 0 Å². The zero-order chi connectivity index (χ0) is 13.8. The third-order valence-corrected chi connectivity index (χ3v) is 4.31. The molecular weight excluding hydrogens is 260 g/mol. The maximum Gasteiger partial charge on any atom is 0.0693 e. The second kappa shape index (κ2) is 6.71. The van der Waals surface area contributed by atoms with Crippen molar-refractivity contribution in [1.82, 2.24) is 4.90 Å². The molecule has 4 heteroatoms. The molecule has 1 aliphatic heterocycles. The molecule has 1 heterocycles. The number of β-amino-alcohol motifs (C(OH)–C–C–N with tert-alkyl or cyclic N) is 1. The number of halogens is 1. The highest BCUT2D eigenvalue weighted by atomic mass is 35.5. The quantitative estimate of drug-likeness (QED) is 0.892. The van der Waals surface area contributed by atoms with E-state index in [1.165, 1.54) is 0 Å². The third kappa shape index (κ3) is 4.18. The Bertz CT molecular complexity index is 396. The average Bonchev–Trinajstić information content (AvgIpc) is 2.40. The van der Waals surface area contributed by atoms with Crippen LogP contribution in [0, 0.1) is 5.92 Å². The summed E-state index contributed by atoms with van der Waals surface area (Å²) in [6.45, 7) is 4.88. The van der Waals surface area contributed by atoms with Gasteiger partial charge in [0.2, 0.25) is 0 Å². The Morgan fingerprint density at radius 1 is 1.42 bits per heavy atom. The van der Waals surface area contributed by atoms with Gasteiger partial charge in [-0.2, -0.15) is 0 Å². The largest absolute Gasteiger partial charge is 0.392 e. The first-order valence-corrected chi connectivity index (χ1v) is 7.35. The number of nitrogens with two attached hydrogens (primary N) is 1. The summed E-state index contributed by atoms with van der Waals surface area (Å²) in [4.78, 5) is 2.31. The van der Waals surface area contributed by atoms with Crippen LogP contribution in [0.3, 0.4) is 0 Å². The van der Waals surface area contributed by atoms with Gasteiger partial charge in [-0.25, -0.2) is 0 Å². The molecule has 0 aliphatic carbocycles. The van der Waals surface area contributed by atoms with Crippen molar-refractivity contribution in [2.24, 2.45) is 11.7 Å². The summed E-state index contributed by atoms with van der Waals surface area (Å²) in [6.07, 6.45) is 1.78. The zero-order valence-electron chi connectivity index (χ0n) is 11.4. The number of piperidine rings is 1. The molecule has 106 valence electrons. The van der Waals surface area contributed by atoms with Crippen LogP contribution in [0.2, 0.25) is 5.02 Å². The van der Waals surface area contributed by atoms with Crippen molar-refractivity contribution in [3.8, 4) is 0 Å². The summed E-state index contributed by atoms with van der Waals surface area (Å²) in [7, 11) is 0. The first kappa shape index (κ1) is 14.8. The standard InChI is InChI=1S/C15H23ClN2O/c1-11-6-8-18(10-15(11)19)9-7-14(17)12-2-4-13(16)5-3-12/h2-5,11,14-15,19H,6-10,17H2,1H3. The fourth-order valence-corrected chi connectivity index (χ4v) is 2.64. The molecule has 19 heavy (non-hydrogen) atoms. The van der Waals surface area contributed by atoms with Crippen molar-refractivity contribution in [2.45, 2.75) is 31.9 Å². The van der Waals surface area contributed by atoms with Crippen LogP contribution >= 0.6 is 11.6 Å². The van der Waals surface area contributed by atoms with Gasteiger partial charge >= 0.3 is 0 Å². The van der Waals surface area contributed by atoms with E-state index in [1.54, 1.807) is 0 Å². The Labute approximate surface area is 120 Å². The molecule has 0 amide bonds. The first-order chi connectivity index (χ1) is 9.06. The van der Waals surface area contributed by atoms with Gasteiger partial charge in [0.25, 0.3) is 0 Å². The molecule has 3 unspecified atom stereocenters. The minimum absolute atomic E-state index is 0.0359. The van der Waals surface area contributed by atoms with Gasteiger partial charge in [-0.3, -0.25) is 0 Å². The lowest BCUT2D eigenvalue weighted by molar-refractivity contribution is 0.0282.